The largest absolute Gasteiger partial charge is 0.491 e. The zero-order chi connectivity index (χ0) is 16.9. The number of alkyl carbamates (subject to hydrolysis) is 1. The lowest BCUT2D eigenvalue weighted by atomic mass is 10.2. The quantitative estimate of drug-likeness (QED) is 0.834. The van der Waals surface area contributed by atoms with Crippen LogP contribution in [-0.2, 0) is 4.74 Å². The fourth-order valence-corrected chi connectivity index (χ4v) is 2.05. The van der Waals surface area contributed by atoms with Crippen molar-refractivity contribution in [3.8, 4) is 11.6 Å². The zero-order valence-electron chi connectivity index (χ0n) is 12.5. The van der Waals surface area contributed by atoms with Crippen molar-refractivity contribution in [1.82, 2.24) is 10.3 Å². The van der Waals surface area contributed by atoms with E-state index in [0.717, 1.165) is 0 Å². The van der Waals surface area contributed by atoms with Gasteiger partial charge in [0.05, 0.1) is 11.1 Å². The minimum Gasteiger partial charge on any atom is -0.491 e. The van der Waals surface area contributed by atoms with Gasteiger partial charge in [0.2, 0.25) is 5.88 Å². The second kappa shape index (κ2) is 7.64. The lowest BCUT2D eigenvalue weighted by molar-refractivity contribution is 0.0533. The highest BCUT2D eigenvalue weighted by Gasteiger charge is 2.21. The molecule has 0 radical (unpaired) electrons. The van der Waals surface area contributed by atoms with Gasteiger partial charge in [-0.15, -0.1) is 0 Å². The van der Waals surface area contributed by atoms with E-state index in [4.69, 9.17) is 25.8 Å². The summed E-state index contributed by atoms with van der Waals surface area (Å²) in [6.45, 7) is 7.14. The molecule has 0 atom stereocenters. The van der Waals surface area contributed by atoms with Crippen molar-refractivity contribution in [3.63, 3.8) is 0 Å². The number of aromatic nitrogens is 1. The summed E-state index contributed by atoms with van der Waals surface area (Å²) in [4.78, 5) is 26.9. The summed E-state index contributed by atoms with van der Waals surface area (Å²) in [5.41, 5.74) is -0.736. The van der Waals surface area contributed by atoms with Gasteiger partial charge in [-0.1, -0.05) is 11.6 Å². The van der Waals surface area contributed by atoms with Crippen molar-refractivity contribution in [3.05, 3.63) is 15.7 Å². The molecule has 22 heavy (non-hydrogen) atoms. The predicted octanol–water partition coefficient (Wildman–Crippen LogP) is 3.92. The summed E-state index contributed by atoms with van der Waals surface area (Å²) in [7, 11) is 0. The highest BCUT2D eigenvalue weighted by Crippen LogP contribution is 2.38. The van der Waals surface area contributed by atoms with E-state index >= 15 is 0 Å². The van der Waals surface area contributed by atoms with E-state index < -0.39 is 17.8 Å². The standard InChI is InChI=1S/C13H16BrClN2O5/c1-5-20-9-7(14)6-16-10(8(9)15)21-11(18)17-12(19)22-13(2,3)4/h6H,5H2,1-4H3,(H,17,18,19). The monoisotopic (exact) mass is 394 g/mol. The third-order valence-electron chi connectivity index (χ3n) is 1.98. The minimum atomic E-state index is -1.06. The molecule has 0 aromatic carbocycles. The van der Waals surface area contributed by atoms with Gasteiger partial charge in [0.15, 0.2) is 5.75 Å². The zero-order valence-corrected chi connectivity index (χ0v) is 14.9. The third-order valence-corrected chi connectivity index (χ3v) is 2.88. The summed E-state index contributed by atoms with van der Waals surface area (Å²) in [6.07, 6.45) is -0.628. The van der Waals surface area contributed by atoms with E-state index in [1.54, 1.807) is 27.7 Å². The number of carbonyl (C=O) groups is 2. The average Bonchev–Trinajstić information content (AvgIpc) is 2.35. The van der Waals surface area contributed by atoms with Gasteiger partial charge in [0, 0.05) is 6.20 Å². The van der Waals surface area contributed by atoms with Gasteiger partial charge in [0.25, 0.3) is 0 Å². The lowest BCUT2D eigenvalue weighted by Gasteiger charge is -2.19. The molecule has 0 aliphatic carbocycles. The first-order valence-electron chi connectivity index (χ1n) is 6.32. The summed E-state index contributed by atoms with van der Waals surface area (Å²) >= 11 is 9.26. The van der Waals surface area contributed by atoms with Crippen molar-refractivity contribution >= 4 is 39.7 Å². The molecule has 1 rings (SSSR count). The Bertz CT molecular complexity index is 574. The minimum absolute atomic E-state index is 0.00978. The molecule has 0 fully saturated rings. The Balaban J connectivity index is 2.77. The highest BCUT2D eigenvalue weighted by atomic mass is 79.9. The molecular formula is C13H16BrClN2O5. The molecule has 0 aliphatic heterocycles. The van der Waals surface area contributed by atoms with Crippen LogP contribution >= 0.6 is 27.5 Å². The van der Waals surface area contributed by atoms with Crippen LogP contribution in [0.25, 0.3) is 0 Å². The van der Waals surface area contributed by atoms with E-state index in [0.29, 0.717) is 16.8 Å². The Labute approximate surface area is 141 Å². The SMILES string of the molecule is CCOc1c(Br)cnc(OC(=O)NC(=O)OC(C)(C)C)c1Cl. The maximum Gasteiger partial charge on any atom is 0.423 e. The van der Waals surface area contributed by atoms with Crippen molar-refractivity contribution in [2.75, 3.05) is 6.61 Å². The molecule has 0 unspecified atom stereocenters. The second-order valence-electron chi connectivity index (χ2n) is 5.00. The van der Waals surface area contributed by atoms with Gasteiger partial charge < -0.3 is 14.2 Å². The molecule has 0 bridgehead atoms. The number of nitrogens with one attached hydrogen (secondary N) is 1. The molecule has 122 valence electrons. The van der Waals surface area contributed by atoms with Gasteiger partial charge >= 0.3 is 12.2 Å². The molecule has 7 nitrogen and oxygen atoms in total. The summed E-state index contributed by atoms with van der Waals surface area (Å²) in [5, 5.41) is 1.91. The van der Waals surface area contributed by atoms with Crippen LogP contribution in [0.4, 0.5) is 9.59 Å². The van der Waals surface area contributed by atoms with Gasteiger partial charge in [0.1, 0.15) is 10.6 Å². The first kappa shape index (κ1) is 18.5. The maximum atomic E-state index is 11.6. The number of nitrogens with zero attached hydrogens (tertiary/aromatic N) is 1. The number of hydrogen-bond acceptors (Lipinski definition) is 6. The van der Waals surface area contributed by atoms with E-state index in [-0.39, 0.29) is 10.9 Å². The number of hydrogen-bond donors (Lipinski definition) is 1. The Kier molecular flexibility index (Phi) is 6.43. The highest BCUT2D eigenvalue weighted by molar-refractivity contribution is 9.10. The average molecular weight is 396 g/mol. The van der Waals surface area contributed by atoms with Gasteiger partial charge in [-0.25, -0.2) is 19.9 Å². The molecule has 1 N–H and O–H groups in total. The van der Waals surface area contributed by atoms with Crippen molar-refractivity contribution < 1.29 is 23.8 Å². The van der Waals surface area contributed by atoms with Crippen molar-refractivity contribution in [2.45, 2.75) is 33.3 Å². The van der Waals surface area contributed by atoms with Crippen LogP contribution in [0.1, 0.15) is 27.7 Å². The van der Waals surface area contributed by atoms with E-state index in [2.05, 4.69) is 20.9 Å². The summed E-state index contributed by atoms with van der Waals surface area (Å²) in [5.74, 6) is 0.105. The Hall–Kier alpha value is -1.54. The Morgan fingerprint density at radius 2 is 2.00 bits per heavy atom. The Morgan fingerprint density at radius 3 is 2.55 bits per heavy atom. The third kappa shape index (κ3) is 5.69. The summed E-state index contributed by atoms with van der Waals surface area (Å²) < 4.78 is 15.6. The van der Waals surface area contributed by atoms with Crippen LogP contribution in [0.2, 0.25) is 5.02 Å². The molecule has 0 saturated heterocycles. The fraction of sp³-hybridized carbons (Fsp3) is 0.462. The molecule has 2 amide bonds. The van der Waals surface area contributed by atoms with E-state index in [9.17, 15) is 9.59 Å². The van der Waals surface area contributed by atoms with Crippen LogP contribution in [0.3, 0.4) is 0 Å². The number of amides is 2. The lowest BCUT2D eigenvalue weighted by Crippen LogP contribution is -2.38. The number of halogens is 2. The smallest absolute Gasteiger partial charge is 0.423 e. The number of rotatable bonds is 3. The van der Waals surface area contributed by atoms with Crippen LogP contribution < -0.4 is 14.8 Å². The normalized spacial score (nSPS) is 10.8. The number of imide groups is 1. The van der Waals surface area contributed by atoms with Gasteiger partial charge in [-0.05, 0) is 43.6 Å². The van der Waals surface area contributed by atoms with E-state index in [1.807, 2.05) is 5.32 Å². The first-order valence-corrected chi connectivity index (χ1v) is 7.49. The topological polar surface area (TPSA) is 86.8 Å². The predicted molar refractivity (Wildman–Crippen MR) is 83.5 cm³/mol. The first-order chi connectivity index (χ1) is 10.1. The molecule has 0 saturated carbocycles. The van der Waals surface area contributed by atoms with Crippen molar-refractivity contribution in [2.24, 2.45) is 0 Å². The second-order valence-corrected chi connectivity index (χ2v) is 6.24. The molecule has 1 aromatic rings. The number of pyridine rings is 1. The number of ether oxygens (including phenoxy) is 3. The van der Waals surface area contributed by atoms with E-state index in [1.165, 1.54) is 6.20 Å². The van der Waals surface area contributed by atoms with Crippen molar-refractivity contribution in [1.29, 1.82) is 0 Å². The molecular weight excluding hydrogens is 380 g/mol. The Morgan fingerprint density at radius 1 is 1.36 bits per heavy atom. The number of carbonyl (C=O) groups excluding carboxylic acids is 2. The van der Waals surface area contributed by atoms with Crippen LogP contribution in [-0.4, -0.2) is 29.4 Å². The molecule has 1 heterocycles. The van der Waals surface area contributed by atoms with Gasteiger partial charge in [-0.3, -0.25) is 0 Å². The molecule has 0 spiro atoms. The molecule has 1 aromatic heterocycles. The van der Waals surface area contributed by atoms with Crippen LogP contribution in [0.15, 0.2) is 10.7 Å². The van der Waals surface area contributed by atoms with Crippen LogP contribution in [0, 0.1) is 0 Å². The molecule has 9 heteroatoms. The fourth-order valence-electron chi connectivity index (χ4n) is 1.28. The summed E-state index contributed by atoms with van der Waals surface area (Å²) in [6, 6.07) is 0. The molecule has 0 aliphatic rings. The van der Waals surface area contributed by atoms with Gasteiger partial charge in [-0.2, -0.15) is 0 Å². The maximum absolute atomic E-state index is 11.6. The van der Waals surface area contributed by atoms with Crippen LogP contribution in [0.5, 0.6) is 11.6 Å².